The third-order valence-corrected chi connectivity index (χ3v) is 13.8. The summed E-state index contributed by atoms with van der Waals surface area (Å²) in [6.07, 6.45) is 9.41. The summed E-state index contributed by atoms with van der Waals surface area (Å²) in [4.78, 5) is 86.6. The van der Waals surface area contributed by atoms with Gasteiger partial charge in [0, 0.05) is 56.4 Å². The van der Waals surface area contributed by atoms with Crippen molar-refractivity contribution in [3.8, 4) is 18.2 Å². The fourth-order valence-corrected chi connectivity index (χ4v) is 10.6. The maximum absolute atomic E-state index is 14.0. The predicted molar refractivity (Wildman–Crippen MR) is 245 cm³/mol. The Labute approximate surface area is 394 Å². The van der Waals surface area contributed by atoms with Crippen molar-refractivity contribution in [2.45, 2.75) is 119 Å². The first-order valence-corrected chi connectivity index (χ1v) is 23.6. The lowest BCUT2D eigenvalue weighted by Gasteiger charge is -2.37. The van der Waals surface area contributed by atoms with E-state index in [0.29, 0.717) is 38.1 Å². The Morgan fingerprint density at radius 1 is 0.478 bits per heavy atom. The van der Waals surface area contributed by atoms with Crippen molar-refractivity contribution in [3.05, 3.63) is 67.2 Å². The molecule has 3 aliphatic carbocycles. The SMILES string of the molecule is CC1(C)CC(N2CCCC2)=C(C#N)/C(=C(\C=O)C(=O)OCC(COC(=O)/C(C=O)=C2\CC(C)(C)CC(N3CCCC3)=C2C#N)COC(=O)/C(C=O)=C2\CC(C)(C)CC(N3CCCC3)=C2C#N)C1. The second-order valence-corrected chi connectivity index (χ2v) is 21.1. The summed E-state index contributed by atoms with van der Waals surface area (Å²) in [6.45, 7) is 14.9. The Morgan fingerprint density at radius 3 is 0.925 bits per heavy atom. The molecule has 15 nitrogen and oxygen atoms in total. The standard InChI is InChI=1S/C52H64N6O9/c1-50(2)19-35(38(25-53)44(22-50)56-13-7-8-14-56)41(28-59)47(62)65-31-34(32-66-48(63)42(29-60)36-20-51(3,4)23-45(39(36)26-54)57-15-9-10-16-57)33-67-49(64)43(30-61)37-21-52(5,6)24-46(40(37)27-55)58-17-11-12-18-58/h28-30,34H,7-24,31-33H2,1-6H3/b41-35+,42-36+,43-37+. The molecule has 0 atom stereocenters. The van der Waals surface area contributed by atoms with Crippen LogP contribution in [0.2, 0.25) is 0 Å². The zero-order valence-electron chi connectivity index (χ0n) is 40.0. The smallest absolute Gasteiger partial charge is 0.341 e. The summed E-state index contributed by atoms with van der Waals surface area (Å²) in [5.41, 5.74) is 1.77. The highest BCUT2D eigenvalue weighted by molar-refractivity contribution is 6.10. The van der Waals surface area contributed by atoms with E-state index < -0.39 is 59.9 Å². The Morgan fingerprint density at radius 2 is 0.716 bits per heavy atom. The third kappa shape index (κ3) is 11.5. The number of carbonyl (C=O) groups excluding carboxylic acids is 6. The monoisotopic (exact) mass is 916 g/mol. The Bertz CT molecular complexity index is 2110. The molecule has 356 valence electrons. The maximum atomic E-state index is 14.0. The largest absolute Gasteiger partial charge is 0.461 e. The van der Waals surface area contributed by atoms with Crippen molar-refractivity contribution < 1.29 is 43.0 Å². The van der Waals surface area contributed by atoms with Gasteiger partial charge in [-0.2, -0.15) is 15.8 Å². The number of allylic oxidation sites excluding steroid dienone is 9. The summed E-state index contributed by atoms with van der Waals surface area (Å²) < 4.78 is 17.2. The van der Waals surface area contributed by atoms with Crippen LogP contribution in [-0.4, -0.2) is 111 Å². The molecule has 3 saturated heterocycles. The maximum Gasteiger partial charge on any atom is 0.341 e. The lowest BCUT2D eigenvalue weighted by atomic mass is 9.72. The highest BCUT2D eigenvalue weighted by atomic mass is 16.6. The van der Waals surface area contributed by atoms with E-state index in [1.54, 1.807) is 0 Å². The first-order valence-electron chi connectivity index (χ1n) is 23.6. The number of nitrogens with zero attached hydrogens (tertiary/aromatic N) is 6. The summed E-state index contributed by atoms with van der Waals surface area (Å²) in [6, 6.07) is 6.74. The highest BCUT2D eigenvalue weighted by Crippen LogP contribution is 2.47. The number of carbonyl (C=O) groups is 6. The molecule has 0 amide bonds. The van der Waals surface area contributed by atoms with Crippen LogP contribution in [0.25, 0.3) is 0 Å². The van der Waals surface area contributed by atoms with Gasteiger partial charge in [-0.25, -0.2) is 14.4 Å². The van der Waals surface area contributed by atoms with Crippen LogP contribution in [0.4, 0.5) is 0 Å². The molecule has 6 aliphatic rings. The van der Waals surface area contributed by atoms with E-state index in [4.69, 9.17) is 14.2 Å². The molecule has 0 aromatic carbocycles. The molecule has 0 N–H and O–H groups in total. The van der Waals surface area contributed by atoms with Gasteiger partial charge in [0.15, 0.2) is 18.9 Å². The number of hydrogen-bond donors (Lipinski definition) is 0. The van der Waals surface area contributed by atoms with Gasteiger partial charge in [-0.3, -0.25) is 14.4 Å². The first-order chi connectivity index (χ1) is 31.9. The normalized spacial score (nSPS) is 23.6. The summed E-state index contributed by atoms with van der Waals surface area (Å²) in [5, 5.41) is 31.2. The van der Waals surface area contributed by atoms with Crippen molar-refractivity contribution in [2.24, 2.45) is 22.2 Å². The van der Waals surface area contributed by atoms with Crippen molar-refractivity contribution in [2.75, 3.05) is 59.1 Å². The number of rotatable bonds is 15. The van der Waals surface area contributed by atoms with Gasteiger partial charge in [0.05, 0.1) is 22.6 Å². The molecule has 0 saturated carbocycles. The second-order valence-electron chi connectivity index (χ2n) is 21.1. The second kappa shape index (κ2) is 21.1. The molecular formula is C52H64N6O9. The van der Waals surface area contributed by atoms with E-state index in [2.05, 4.69) is 32.9 Å². The van der Waals surface area contributed by atoms with E-state index in [9.17, 15) is 44.6 Å². The topological polar surface area (TPSA) is 211 Å². The van der Waals surface area contributed by atoms with Gasteiger partial charge < -0.3 is 28.9 Å². The first kappa shape index (κ1) is 50.1. The molecule has 15 heteroatoms. The van der Waals surface area contributed by atoms with E-state index in [0.717, 1.165) is 94.9 Å². The molecule has 0 bridgehead atoms. The predicted octanol–water partition coefficient (Wildman–Crippen LogP) is 6.80. The molecule has 0 unspecified atom stereocenters. The van der Waals surface area contributed by atoms with Gasteiger partial charge >= 0.3 is 17.9 Å². The number of hydrogen-bond acceptors (Lipinski definition) is 15. The molecule has 0 radical (unpaired) electrons. The Hall–Kier alpha value is -6.27. The van der Waals surface area contributed by atoms with Crippen LogP contribution >= 0.6 is 0 Å². The van der Waals surface area contributed by atoms with Gasteiger partial charge in [0.1, 0.15) is 54.7 Å². The van der Waals surface area contributed by atoms with Crippen LogP contribution in [0.1, 0.15) is 119 Å². The van der Waals surface area contributed by atoms with Crippen LogP contribution in [-0.2, 0) is 43.0 Å². The lowest BCUT2D eigenvalue weighted by Crippen LogP contribution is -2.32. The molecule has 0 aromatic rings. The minimum atomic E-state index is -1.10. The zero-order chi connectivity index (χ0) is 48.7. The summed E-state index contributed by atoms with van der Waals surface area (Å²) in [5.74, 6) is -4.19. The Kier molecular flexibility index (Phi) is 15.8. The van der Waals surface area contributed by atoms with E-state index >= 15 is 0 Å². The van der Waals surface area contributed by atoms with Crippen molar-refractivity contribution >= 4 is 36.8 Å². The van der Waals surface area contributed by atoms with Crippen LogP contribution in [0, 0.1) is 56.2 Å². The third-order valence-electron chi connectivity index (χ3n) is 13.8. The molecule has 6 rings (SSSR count). The minimum Gasteiger partial charge on any atom is -0.461 e. The number of aldehydes is 3. The summed E-state index contributed by atoms with van der Waals surface area (Å²) >= 11 is 0. The van der Waals surface area contributed by atoms with Crippen molar-refractivity contribution in [1.82, 2.24) is 14.7 Å². The average molecular weight is 917 g/mol. The number of esters is 3. The van der Waals surface area contributed by atoms with E-state index in [-0.39, 0.29) is 69.4 Å². The van der Waals surface area contributed by atoms with Gasteiger partial charge in [-0.1, -0.05) is 41.5 Å². The van der Waals surface area contributed by atoms with Crippen LogP contribution in [0.15, 0.2) is 67.2 Å². The fourth-order valence-electron chi connectivity index (χ4n) is 10.6. The Balaban J connectivity index is 1.31. The average Bonchev–Trinajstić information content (AvgIpc) is 4.11. The van der Waals surface area contributed by atoms with Gasteiger partial charge in [-0.15, -0.1) is 0 Å². The van der Waals surface area contributed by atoms with Gasteiger partial charge in [-0.05, 0) is 110 Å². The molecule has 67 heavy (non-hydrogen) atoms. The molecule has 3 heterocycles. The van der Waals surface area contributed by atoms with Crippen molar-refractivity contribution in [1.29, 1.82) is 15.8 Å². The molecule has 0 spiro atoms. The van der Waals surface area contributed by atoms with Crippen molar-refractivity contribution in [3.63, 3.8) is 0 Å². The van der Waals surface area contributed by atoms with Gasteiger partial charge in [0.25, 0.3) is 0 Å². The van der Waals surface area contributed by atoms with Crippen LogP contribution in [0.3, 0.4) is 0 Å². The van der Waals surface area contributed by atoms with Crippen LogP contribution < -0.4 is 0 Å². The minimum absolute atomic E-state index is 0.256. The van der Waals surface area contributed by atoms with E-state index in [1.807, 2.05) is 41.5 Å². The summed E-state index contributed by atoms with van der Waals surface area (Å²) in [7, 11) is 0. The number of ether oxygens (including phenoxy) is 3. The zero-order valence-corrected chi connectivity index (χ0v) is 40.0. The quantitative estimate of drug-likeness (QED) is 0.0413. The van der Waals surface area contributed by atoms with Crippen LogP contribution in [0.5, 0.6) is 0 Å². The van der Waals surface area contributed by atoms with E-state index in [1.165, 1.54) is 0 Å². The number of likely N-dealkylation sites (tertiary alicyclic amines) is 3. The lowest BCUT2D eigenvalue weighted by molar-refractivity contribution is -0.148. The molecule has 0 aromatic heterocycles. The molecule has 3 fully saturated rings. The molecule has 3 aliphatic heterocycles. The van der Waals surface area contributed by atoms with Gasteiger partial charge in [0.2, 0.25) is 0 Å². The molecular weight excluding hydrogens is 853 g/mol. The highest BCUT2D eigenvalue weighted by Gasteiger charge is 2.40. The fraction of sp³-hybridized carbons (Fsp3) is 0.596. The number of nitriles is 3.